The van der Waals surface area contributed by atoms with E-state index in [0.29, 0.717) is 13.2 Å². The molecule has 1 fully saturated rings. The van der Waals surface area contributed by atoms with Gasteiger partial charge in [0.25, 0.3) is 5.91 Å². The Kier molecular flexibility index (Phi) is 4.19. The summed E-state index contributed by atoms with van der Waals surface area (Å²) in [5, 5.41) is 2.82. The lowest BCUT2D eigenvalue weighted by Crippen LogP contribution is -2.55. The molecule has 120 valence electrons. The topological polar surface area (TPSA) is 64.6 Å². The lowest BCUT2D eigenvalue weighted by Gasteiger charge is -2.41. The van der Waals surface area contributed by atoms with Crippen LogP contribution >= 0.6 is 0 Å². The quantitative estimate of drug-likeness (QED) is 0.476. The average Bonchev–Trinajstić information content (AvgIpc) is 2.93. The van der Waals surface area contributed by atoms with Crippen LogP contribution in [0.3, 0.4) is 0 Å². The molecular weight excluding hydrogens is 282 g/mol. The van der Waals surface area contributed by atoms with Crippen LogP contribution in [0.4, 0.5) is 0 Å². The Morgan fingerprint density at radius 3 is 3.05 bits per heavy atom. The van der Waals surface area contributed by atoms with Gasteiger partial charge in [-0.1, -0.05) is 31.6 Å². The van der Waals surface area contributed by atoms with Crippen molar-refractivity contribution in [2.24, 2.45) is 17.8 Å². The summed E-state index contributed by atoms with van der Waals surface area (Å²) in [7, 11) is 1.49. The maximum Gasteiger partial charge on any atom is 0.254 e. The molecule has 2 aliphatic carbocycles. The zero-order valence-corrected chi connectivity index (χ0v) is 13.1. The Morgan fingerprint density at radius 1 is 1.50 bits per heavy atom. The first-order valence-electron chi connectivity index (χ1n) is 8.04. The van der Waals surface area contributed by atoms with Gasteiger partial charge in [0.2, 0.25) is 11.6 Å². The minimum atomic E-state index is -1.29. The van der Waals surface area contributed by atoms with Crippen molar-refractivity contribution >= 4 is 11.7 Å². The first-order valence-corrected chi connectivity index (χ1v) is 8.04. The molecule has 1 N–H and O–H groups in total. The SMILES string of the molecule is CCCCNC(=O)C1=C[C@@H]2CC=C[C@@H]3CO[C@](OC)(C1=O)[C@H]23. The number of amides is 1. The number of unbranched alkanes of at least 4 members (excludes halogenated alkanes) is 1. The molecule has 3 aliphatic rings. The maximum absolute atomic E-state index is 12.9. The molecule has 1 amide bonds. The van der Waals surface area contributed by atoms with Crippen molar-refractivity contribution in [2.75, 3.05) is 20.3 Å². The summed E-state index contributed by atoms with van der Waals surface area (Å²) in [5.74, 6) is -1.66. The molecule has 0 spiro atoms. The number of rotatable bonds is 5. The minimum absolute atomic E-state index is 0.0257. The fourth-order valence-corrected chi connectivity index (χ4v) is 3.84. The average molecular weight is 305 g/mol. The normalized spacial score (nSPS) is 36.0. The number of hydrogen-bond donors (Lipinski definition) is 1. The number of allylic oxidation sites excluding steroid dienone is 2. The summed E-state index contributed by atoms with van der Waals surface area (Å²) in [6, 6.07) is 0. The van der Waals surface area contributed by atoms with Gasteiger partial charge < -0.3 is 14.8 Å². The van der Waals surface area contributed by atoms with Crippen molar-refractivity contribution in [3.63, 3.8) is 0 Å². The highest BCUT2D eigenvalue weighted by atomic mass is 16.7. The number of ketones is 1. The van der Waals surface area contributed by atoms with Gasteiger partial charge in [-0.15, -0.1) is 0 Å². The fourth-order valence-electron chi connectivity index (χ4n) is 3.84. The molecular formula is C17H23NO4. The predicted octanol–water partition coefficient (Wildman–Crippen LogP) is 1.59. The summed E-state index contributed by atoms with van der Waals surface area (Å²) < 4.78 is 11.3. The van der Waals surface area contributed by atoms with Gasteiger partial charge in [0.1, 0.15) is 0 Å². The first-order chi connectivity index (χ1) is 10.6. The zero-order chi connectivity index (χ0) is 15.7. The molecule has 4 atom stereocenters. The Morgan fingerprint density at radius 2 is 2.32 bits per heavy atom. The molecule has 0 aromatic carbocycles. The minimum Gasteiger partial charge on any atom is -0.352 e. The van der Waals surface area contributed by atoms with E-state index in [1.165, 1.54) is 7.11 Å². The lowest BCUT2D eigenvalue weighted by atomic mass is 9.67. The van der Waals surface area contributed by atoms with Crippen molar-refractivity contribution in [1.29, 1.82) is 0 Å². The highest BCUT2D eigenvalue weighted by Crippen LogP contribution is 2.50. The molecule has 22 heavy (non-hydrogen) atoms. The summed E-state index contributed by atoms with van der Waals surface area (Å²) in [5.41, 5.74) is 0.190. The Hall–Kier alpha value is -1.46. The number of nitrogens with one attached hydrogen (secondary N) is 1. The van der Waals surface area contributed by atoms with E-state index < -0.39 is 5.79 Å². The third-order valence-corrected chi connectivity index (χ3v) is 4.95. The molecule has 0 radical (unpaired) electrons. The standard InChI is InChI=1S/C17H23NO4/c1-3-4-8-18-16(20)13-9-11-6-5-7-12-10-22-17(21-2,14(11)12)15(13)19/h5,7,9,11-12,14H,3-4,6,8,10H2,1-2H3,(H,18,20)/t11-,12+,14+,17-/m0/s1. The summed E-state index contributed by atoms with van der Waals surface area (Å²) in [6.45, 7) is 3.11. The van der Waals surface area contributed by atoms with Gasteiger partial charge in [-0.2, -0.15) is 0 Å². The molecule has 1 aliphatic heterocycles. The molecule has 0 bridgehead atoms. The van der Waals surface area contributed by atoms with E-state index in [2.05, 4.69) is 24.4 Å². The van der Waals surface area contributed by atoms with Crippen LogP contribution in [0.15, 0.2) is 23.8 Å². The van der Waals surface area contributed by atoms with Crippen LogP contribution < -0.4 is 5.32 Å². The van der Waals surface area contributed by atoms with Crippen LogP contribution in [0.25, 0.3) is 0 Å². The number of ether oxygens (including phenoxy) is 2. The van der Waals surface area contributed by atoms with E-state index >= 15 is 0 Å². The lowest BCUT2D eigenvalue weighted by molar-refractivity contribution is -0.216. The molecule has 5 heteroatoms. The highest BCUT2D eigenvalue weighted by molar-refractivity contribution is 6.22. The zero-order valence-electron chi connectivity index (χ0n) is 13.1. The van der Waals surface area contributed by atoms with Crippen molar-refractivity contribution in [1.82, 2.24) is 5.32 Å². The highest BCUT2D eigenvalue weighted by Gasteiger charge is 2.61. The van der Waals surface area contributed by atoms with E-state index in [4.69, 9.17) is 9.47 Å². The van der Waals surface area contributed by atoms with Crippen LogP contribution in [0.2, 0.25) is 0 Å². The van der Waals surface area contributed by atoms with Crippen molar-refractivity contribution in [3.05, 3.63) is 23.8 Å². The third kappa shape index (κ3) is 2.23. The monoisotopic (exact) mass is 305 g/mol. The van der Waals surface area contributed by atoms with Gasteiger partial charge in [-0.3, -0.25) is 9.59 Å². The van der Waals surface area contributed by atoms with E-state index in [1.54, 1.807) is 0 Å². The number of carbonyl (C=O) groups is 2. The number of carbonyl (C=O) groups excluding carboxylic acids is 2. The van der Waals surface area contributed by atoms with Crippen molar-refractivity contribution in [3.8, 4) is 0 Å². The van der Waals surface area contributed by atoms with E-state index in [-0.39, 0.29) is 35.0 Å². The molecule has 0 unspecified atom stereocenters. The smallest absolute Gasteiger partial charge is 0.254 e. The van der Waals surface area contributed by atoms with E-state index in [9.17, 15) is 9.59 Å². The van der Waals surface area contributed by atoms with Gasteiger partial charge in [0.05, 0.1) is 12.2 Å². The van der Waals surface area contributed by atoms with Crippen LogP contribution in [-0.4, -0.2) is 37.7 Å². The van der Waals surface area contributed by atoms with Crippen LogP contribution in [0.1, 0.15) is 26.2 Å². The second-order valence-electron chi connectivity index (χ2n) is 6.22. The molecule has 0 aromatic rings. The molecule has 5 nitrogen and oxygen atoms in total. The Bertz CT molecular complexity index is 539. The van der Waals surface area contributed by atoms with Gasteiger partial charge in [0, 0.05) is 25.5 Å². The third-order valence-electron chi connectivity index (χ3n) is 4.95. The Labute approximate surface area is 130 Å². The van der Waals surface area contributed by atoms with Gasteiger partial charge in [-0.05, 0) is 18.8 Å². The van der Waals surface area contributed by atoms with Gasteiger partial charge >= 0.3 is 0 Å². The summed E-state index contributed by atoms with van der Waals surface area (Å²) in [6.07, 6.45) is 8.76. The second kappa shape index (κ2) is 5.97. The predicted molar refractivity (Wildman–Crippen MR) is 80.9 cm³/mol. The largest absolute Gasteiger partial charge is 0.352 e. The number of hydrogen-bond acceptors (Lipinski definition) is 4. The van der Waals surface area contributed by atoms with Crippen LogP contribution in [0, 0.1) is 17.8 Å². The number of methoxy groups -OCH3 is 1. The van der Waals surface area contributed by atoms with Gasteiger partial charge in [0.15, 0.2) is 0 Å². The molecule has 0 aromatic heterocycles. The molecule has 0 saturated carbocycles. The van der Waals surface area contributed by atoms with Gasteiger partial charge in [-0.25, -0.2) is 0 Å². The second-order valence-corrected chi connectivity index (χ2v) is 6.22. The maximum atomic E-state index is 12.9. The first kappa shape index (κ1) is 15.4. The summed E-state index contributed by atoms with van der Waals surface area (Å²) in [4.78, 5) is 25.2. The number of Topliss-reactive ketones (excluding diaryl/α,β-unsaturated/α-hetero) is 1. The van der Waals surface area contributed by atoms with Crippen LogP contribution in [-0.2, 0) is 19.1 Å². The van der Waals surface area contributed by atoms with Crippen molar-refractivity contribution < 1.29 is 19.1 Å². The fraction of sp³-hybridized carbons (Fsp3) is 0.647. The molecule has 1 saturated heterocycles. The van der Waals surface area contributed by atoms with Crippen molar-refractivity contribution in [2.45, 2.75) is 32.0 Å². The van der Waals surface area contributed by atoms with E-state index in [0.717, 1.165) is 19.3 Å². The summed E-state index contributed by atoms with van der Waals surface area (Å²) >= 11 is 0. The molecule has 1 heterocycles. The van der Waals surface area contributed by atoms with Crippen LogP contribution in [0.5, 0.6) is 0 Å². The molecule has 3 rings (SSSR count). The van der Waals surface area contributed by atoms with E-state index in [1.807, 2.05) is 6.08 Å². The Balaban J connectivity index is 1.89.